The minimum absolute atomic E-state index is 0.0677. The van der Waals surface area contributed by atoms with E-state index >= 15 is 0 Å². The first-order chi connectivity index (χ1) is 9.35. The van der Waals surface area contributed by atoms with E-state index in [0.717, 1.165) is 21.6 Å². The zero-order valence-corrected chi connectivity index (χ0v) is 11.0. The second-order valence-electron chi connectivity index (χ2n) is 4.08. The van der Waals surface area contributed by atoms with E-state index in [1.54, 1.807) is 16.0 Å². The molecule has 3 aromatic rings. The van der Waals surface area contributed by atoms with Crippen molar-refractivity contribution in [3.05, 3.63) is 35.6 Å². The Morgan fingerprint density at radius 1 is 1.37 bits per heavy atom. The lowest BCUT2D eigenvalue weighted by Gasteiger charge is -2.03. The van der Waals surface area contributed by atoms with Crippen LogP contribution in [0.1, 0.15) is 5.69 Å². The molecule has 1 aromatic carbocycles. The van der Waals surface area contributed by atoms with Gasteiger partial charge in [-0.1, -0.05) is 5.21 Å². The van der Waals surface area contributed by atoms with Gasteiger partial charge in [-0.25, -0.2) is 9.67 Å². The van der Waals surface area contributed by atoms with Gasteiger partial charge < -0.3 is 10.4 Å². The molecule has 0 fully saturated rings. The highest BCUT2D eigenvalue weighted by molar-refractivity contribution is 7.16. The molecular formula is C12H13N5OS. The molecule has 0 aliphatic heterocycles. The van der Waals surface area contributed by atoms with Crippen LogP contribution in [0.3, 0.4) is 0 Å². The maximum Gasteiger partial charge on any atom is 0.102 e. The number of benzene rings is 1. The zero-order chi connectivity index (χ0) is 13.1. The highest BCUT2D eigenvalue weighted by Crippen LogP contribution is 2.21. The Hall–Kier alpha value is -1.99. The molecule has 0 radical (unpaired) electrons. The predicted molar refractivity (Wildman–Crippen MR) is 74.1 cm³/mol. The first-order valence-electron chi connectivity index (χ1n) is 5.92. The largest absolute Gasteiger partial charge is 0.394 e. The summed E-state index contributed by atoms with van der Waals surface area (Å²) < 4.78 is 2.79. The third-order valence-corrected chi connectivity index (χ3v) is 3.51. The zero-order valence-electron chi connectivity index (χ0n) is 10.2. The fraction of sp³-hybridized carbons (Fsp3) is 0.250. The number of aliphatic hydroxyl groups excluding tert-OH is 1. The molecule has 0 atom stereocenters. The van der Waals surface area contributed by atoms with Crippen LogP contribution < -0.4 is 5.32 Å². The molecule has 7 heteroatoms. The van der Waals surface area contributed by atoms with E-state index in [2.05, 4.69) is 26.7 Å². The topological polar surface area (TPSA) is 75.9 Å². The van der Waals surface area contributed by atoms with Gasteiger partial charge in [0.05, 0.1) is 41.6 Å². The molecule has 0 amide bonds. The Kier molecular flexibility index (Phi) is 3.39. The summed E-state index contributed by atoms with van der Waals surface area (Å²) in [5.74, 6) is 0. The molecule has 6 nitrogen and oxygen atoms in total. The molecule has 2 N–H and O–H groups in total. The third kappa shape index (κ3) is 2.72. The predicted octanol–water partition coefficient (Wildman–Crippen LogP) is 1.49. The molecule has 0 unspecified atom stereocenters. The lowest BCUT2D eigenvalue weighted by atomic mass is 10.3. The van der Waals surface area contributed by atoms with Crippen molar-refractivity contribution in [1.29, 1.82) is 0 Å². The SMILES string of the molecule is OCCn1cc(CNc2ccc3ncsc3c2)nn1. The van der Waals surface area contributed by atoms with Gasteiger partial charge in [-0.3, -0.25) is 0 Å². The van der Waals surface area contributed by atoms with E-state index in [4.69, 9.17) is 5.11 Å². The number of aromatic nitrogens is 4. The molecular weight excluding hydrogens is 262 g/mol. The Morgan fingerprint density at radius 3 is 3.21 bits per heavy atom. The lowest BCUT2D eigenvalue weighted by molar-refractivity contribution is 0.268. The van der Waals surface area contributed by atoms with E-state index in [9.17, 15) is 0 Å². The molecule has 0 saturated heterocycles. The number of nitrogens with zero attached hydrogens (tertiary/aromatic N) is 4. The average molecular weight is 275 g/mol. The van der Waals surface area contributed by atoms with Crippen molar-refractivity contribution in [3.8, 4) is 0 Å². The van der Waals surface area contributed by atoms with Gasteiger partial charge in [-0.2, -0.15) is 0 Å². The molecule has 0 saturated carbocycles. The summed E-state index contributed by atoms with van der Waals surface area (Å²) in [5, 5.41) is 20.1. The molecule has 0 aliphatic carbocycles. The summed E-state index contributed by atoms with van der Waals surface area (Å²) in [4.78, 5) is 4.24. The van der Waals surface area contributed by atoms with Crippen molar-refractivity contribution in [1.82, 2.24) is 20.0 Å². The summed E-state index contributed by atoms with van der Waals surface area (Å²) >= 11 is 1.62. The lowest BCUT2D eigenvalue weighted by Crippen LogP contribution is -2.02. The molecule has 2 heterocycles. The van der Waals surface area contributed by atoms with Gasteiger partial charge in [0, 0.05) is 5.69 Å². The van der Waals surface area contributed by atoms with Crippen LogP contribution in [0.25, 0.3) is 10.2 Å². The number of aliphatic hydroxyl groups is 1. The number of hydrogen-bond acceptors (Lipinski definition) is 6. The standard InChI is InChI=1S/C12H13N5OS/c18-4-3-17-7-10(15-16-17)6-13-9-1-2-11-12(5-9)19-8-14-11/h1-2,5,7-8,13,18H,3-4,6H2. The molecule has 3 rings (SSSR count). The van der Waals surface area contributed by atoms with Crippen molar-refractivity contribution in [2.24, 2.45) is 0 Å². The van der Waals surface area contributed by atoms with Crippen LogP contribution in [0.15, 0.2) is 29.9 Å². The number of hydrogen-bond donors (Lipinski definition) is 2. The fourth-order valence-corrected chi connectivity index (χ4v) is 2.51. The van der Waals surface area contributed by atoms with Gasteiger partial charge >= 0.3 is 0 Å². The first kappa shape index (κ1) is 12.1. The van der Waals surface area contributed by atoms with Crippen molar-refractivity contribution >= 4 is 27.2 Å². The highest BCUT2D eigenvalue weighted by Gasteiger charge is 2.02. The Labute approximate surface area is 113 Å². The van der Waals surface area contributed by atoms with Gasteiger partial charge in [-0.05, 0) is 18.2 Å². The van der Waals surface area contributed by atoms with Gasteiger partial charge in [0.2, 0.25) is 0 Å². The quantitative estimate of drug-likeness (QED) is 0.738. The van der Waals surface area contributed by atoms with E-state index in [1.165, 1.54) is 0 Å². The van der Waals surface area contributed by atoms with Gasteiger partial charge in [0.15, 0.2) is 0 Å². The minimum atomic E-state index is 0.0677. The summed E-state index contributed by atoms with van der Waals surface area (Å²) in [6.45, 7) is 1.15. The van der Waals surface area contributed by atoms with Crippen LogP contribution in [0.4, 0.5) is 5.69 Å². The third-order valence-electron chi connectivity index (χ3n) is 2.72. The number of rotatable bonds is 5. The van der Waals surface area contributed by atoms with Crippen molar-refractivity contribution in [3.63, 3.8) is 0 Å². The summed E-state index contributed by atoms with van der Waals surface area (Å²) in [5.41, 5.74) is 4.74. The summed E-state index contributed by atoms with van der Waals surface area (Å²) in [7, 11) is 0. The Morgan fingerprint density at radius 2 is 2.32 bits per heavy atom. The second kappa shape index (κ2) is 5.33. The van der Waals surface area contributed by atoms with Crippen LogP contribution in [-0.4, -0.2) is 31.7 Å². The summed E-state index contributed by atoms with van der Waals surface area (Å²) in [6, 6.07) is 6.07. The van der Waals surface area contributed by atoms with E-state index in [0.29, 0.717) is 13.1 Å². The number of anilines is 1. The Bertz CT molecular complexity index is 677. The van der Waals surface area contributed by atoms with Crippen LogP contribution in [0, 0.1) is 0 Å². The van der Waals surface area contributed by atoms with Crippen LogP contribution >= 0.6 is 11.3 Å². The van der Waals surface area contributed by atoms with Gasteiger partial charge in [-0.15, -0.1) is 16.4 Å². The van der Waals surface area contributed by atoms with E-state index in [1.807, 2.05) is 23.8 Å². The molecule has 2 aromatic heterocycles. The van der Waals surface area contributed by atoms with Crippen molar-refractivity contribution in [2.45, 2.75) is 13.1 Å². The maximum absolute atomic E-state index is 8.81. The monoisotopic (exact) mass is 275 g/mol. The highest BCUT2D eigenvalue weighted by atomic mass is 32.1. The van der Waals surface area contributed by atoms with Gasteiger partial charge in [0.25, 0.3) is 0 Å². The van der Waals surface area contributed by atoms with E-state index in [-0.39, 0.29) is 6.61 Å². The smallest absolute Gasteiger partial charge is 0.102 e. The van der Waals surface area contributed by atoms with Crippen LogP contribution in [0.2, 0.25) is 0 Å². The van der Waals surface area contributed by atoms with Crippen LogP contribution in [-0.2, 0) is 13.1 Å². The fourth-order valence-electron chi connectivity index (χ4n) is 1.79. The Balaban J connectivity index is 1.67. The molecule has 98 valence electrons. The molecule has 0 spiro atoms. The number of nitrogens with one attached hydrogen (secondary N) is 1. The minimum Gasteiger partial charge on any atom is -0.394 e. The number of thiazole rings is 1. The first-order valence-corrected chi connectivity index (χ1v) is 6.80. The van der Waals surface area contributed by atoms with Crippen molar-refractivity contribution in [2.75, 3.05) is 11.9 Å². The average Bonchev–Trinajstić information content (AvgIpc) is 3.04. The maximum atomic E-state index is 8.81. The van der Waals surface area contributed by atoms with E-state index < -0.39 is 0 Å². The normalized spacial score (nSPS) is 11.0. The second-order valence-corrected chi connectivity index (χ2v) is 4.97. The van der Waals surface area contributed by atoms with Crippen molar-refractivity contribution < 1.29 is 5.11 Å². The van der Waals surface area contributed by atoms with Gasteiger partial charge in [0.1, 0.15) is 5.69 Å². The molecule has 19 heavy (non-hydrogen) atoms. The van der Waals surface area contributed by atoms with Crippen LogP contribution in [0.5, 0.6) is 0 Å². The molecule has 0 aliphatic rings. The summed E-state index contributed by atoms with van der Waals surface area (Å²) in [6.07, 6.45) is 1.83. The molecule has 0 bridgehead atoms. The number of fused-ring (bicyclic) bond motifs is 1.